The van der Waals surface area contributed by atoms with Crippen molar-refractivity contribution in [2.75, 3.05) is 0 Å². The molecule has 2 N–H and O–H groups in total. The minimum Gasteiger partial charge on any atom is -0.328 e. The highest BCUT2D eigenvalue weighted by atomic mass is 19.3. The van der Waals surface area contributed by atoms with E-state index in [1.165, 1.54) is 0 Å². The van der Waals surface area contributed by atoms with Crippen LogP contribution in [0.2, 0.25) is 0 Å². The predicted molar refractivity (Wildman–Crippen MR) is 45.1 cm³/mol. The van der Waals surface area contributed by atoms with Gasteiger partial charge < -0.3 is 5.73 Å². The van der Waals surface area contributed by atoms with Gasteiger partial charge in [-0.05, 0) is 32.1 Å². The second-order valence-electron chi connectivity index (χ2n) is 3.88. The van der Waals surface area contributed by atoms with Crippen LogP contribution in [0.1, 0.15) is 32.6 Å². The molecule has 0 bridgehead atoms. The Labute approximate surface area is 72.3 Å². The Balaban J connectivity index is 2.40. The van der Waals surface area contributed by atoms with Crippen molar-refractivity contribution in [3.63, 3.8) is 0 Å². The molecule has 1 nitrogen and oxygen atoms in total. The fraction of sp³-hybridized carbons (Fsp3) is 1.00. The zero-order valence-corrected chi connectivity index (χ0v) is 7.47. The maximum atomic E-state index is 12.3. The van der Waals surface area contributed by atoms with Crippen molar-refractivity contribution < 1.29 is 8.78 Å². The summed E-state index contributed by atoms with van der Waals surface area (Å²) in [7, 11) is 0. The first kappa shape index (κ1) is 9.90. The second kappa shape index (κ2) is 4.17. The first-order valence-electron chi connectivity index (χ1n) is 4.65. The molecule has 72 valence electrons. The first-order valence-corrected chi connectivity index (χ1v) is 4.65. The Hall–Kier alpha value is -0.180. The molecule has 0 heterocycles. The van der Waals surface area contributed by atoms with Crippen LogP contribution >= 0.6 is 0 Å². The molecule has 0 saturated heterocycles. The fourth-order valence-electron chi connectivity index (χ4n) is 1.97. The van der Waals surface area contributed by atoms with Crippen molar-refractivity contribution in [1.82, 2.24) is 0 Å². The summed E-state index contributed by atoms with van der Waals surface area (Å²) in [4.78, 5) is 0. The first-order chi connectivity index (χ1) is 5.61. The van der Waals surface area contributed by atoms with Crippen molar-refractivity contribution in [2.45, 2.75) is 45.1 Å². The highest BCUT2D eigenvalue weighted by molar-refractivity contribution is 4.79. The number of alkyl halides is 2. The van der Waals surface area contributed by atoms with Crippen molar-refractivity contribution in [3.05, 3.63) is 0 Å². The number of halogens is 2. The van der Waals surface area contributed by atoms with Gasteiger partial charge >= 0.3 is 0 Å². The average molecular weight is 177 g/mol. The van der Waals surface area contributed by atoms with Crippen LogP contribution in [-0.2, 0) is 0 Å². The normalized spacial score (nSPS) is 33.8. The van der Waals surface area contributed by atoms with Gasteiger partial charge in [0.05, 0.1) is 0 Å². The highest BCUT2D eigenvalue weighted by Crippen LogP contribution is 2.33. The largest absolute Gasteiger partial charge is 0.328 e. The van der Waals surface area contributed by atoms with E-state index in [-0.39, 0.29) is 6.04 Å². The van der Waals surface area contributed by atoms with Gasteiger partial charge in [0.25, 0.3) is 0 Å². The molecule has 1 saturated carbocycles. The lowest BCUT2D eigenvalue weighted by Crippen LogP contribution is -2.32. The van der Waals surface area contributed by atoms with Gasteiger partial charge in [-0.1, -0.05) is 6.42 Å². The van der Waals surface area contributed by atoms with Crippen LogP contribution in [0.5, 0.6) is 0 Å². The van der Waals surface area contributed by atoms with E-state index in [0.29, 0.717) is 18.8 Å². The lowest BCUT2D eigenvalue weighted by molar-refractivity contribution is 0.0390. The molecule has 0 aromatic rings. The van der Waals surface area contributed by atoms with Crippen LogP contribution < -0.4 is 5.73 Å². The Kier molecular flexibility index (Phi) is 3.44. The Morgan fingerprint density at radius 2 is 1.83 bits per heavy atom. The van der Waals surface area contributed by atoms with Crippen LogP contribution in [0.25, 0.3) is 0 Å². The van der Waals surface area contributed by atoms with Crippen LogP contribution in [0.4, 0.5) is 8.78 Å². The molecule has 0 spiro atoms. The summed E-state index contributed by atoms with van der Waals surface area (Å²) in [5.41, 5.74) is 5.68. The van der Waals surface area contributed by atoms with Gasteiger partial charge in [0.15, 0.2) is 0 Å². The topological polar surface area (TPSA) is 26.0 Å². The molecule has 0 aromatic heterocycles. The number of hydrogen-bond acceptors (Lipinski definition) is 1. The Bertz CT molecular complexity index is 122. The maximum Gasteiger partial charge on any atom is 0.241 e. The van der Waals surface area contributed by atoms with Crippen molar-refractivity contribution in [2.24, 2.45) is 17.6 Å². The number of nitrogens with two attached hydrogens (primary N) is 1. The molecular weight excluding hydrogens is 160 g/mol. The van der Waals surface area contributed by atoms with Gasteiger partial charge in [0.1, 0.15) is 0 Å². The molecule has 1 fully saturated rings. The molecule has 0 aliphatic heterocycles. The molecular formula is C9H17F2N. The summed E-state index contributed by atoms with van der Waals surface area (Å²) in [6.45, 7) is 1.92. The van der Waals surface area contributed by atoms with Crippen molar-refractivity contribution >= 4 is 0 Å². The minimum atomic E-state index is -2.15. The smallest absolute Gasteiger partial charge is 0.241 e. The van der Waals surface area contributed by atoms with Crippen LogP contribution in [0.15, 0.2) is 0 Å². The summed E-state index contributed by atoms with van der Waals surface area (Å²) < 4.78 is 24.6. The third-order valence-corrected chi connectivity index (χ3v) is 2.86. The molecule has 3 unspecified atom stereocenters. The lowest BCUT2D eigenvalue weighted by atomic mass is 9.78. The molecule has 3 atom stereocenters. The van der Waals surface area contributed by atoms with Gasteiger partial charge in [-0.3, -0.25) is 0 Å². The molecule has 0 radical (unpaired) electrons. The summed E-state index contributed by atoms with van der Waals surface area (Å²) in [6.07, 6.45) is 1.10. The molecule has 0 aromatic carbocycles. The standard InChI is InChI=1S/C9H17F2N/c1-6(12)7-3-2-4-8(5-7)9(10)11/h6-9H,2-5,12H2,1H3. The minimum absolute atomic E-state index is 0.0755. The summed E-state index contributed by atoms with van der Waals surface area (Å²) in [5.74, 6) is -0.0764. The SMILES string of the molecule is CC(N)C1CCCC(C(F)F)C1. The predicted octanol–water partition coefficient (Wildman–Crippen LogP) is 2.41. The lowest BCUT2D eigenvalue weighted by Gasteiger charge is -2.30. The fourth-order valence-corrected chi connectivity index (χ4v) is 1.97. The van der Waals surface area contributed by atoms with Gasteiger partial charge in [-0.2, -0.15) is 0 Å². The van der Waals surface area contributed by atoms with E-state index in [9.17, 15) is 8.78 Å². The van der Waals surface area contributed by atoms with E-state index in [1.54, 1.807) is 0 Å². The van der Waals surface area contributed by atoms with Crippen molar-refractivity contribution in [3.8, 4) is 0 Å². The Morgan fingerprint density at radius 1 is 1.25 bits per heavy atom. The van der Waals surface area contributed by atoms with E-state index in [2.05, 4.69) is 0 Å². The molecule has 1 aliphatic rings. The average Bonchev–Trinajstić information content (AvgIpc) is 2.04. The molecule has 3 heteroatoms. The molecule has 1 rings (SSSR count). The van der Waals surface area contributed by atoms with E-state index in [4.69, 9.17) is 5.73 Å². The maximum absolute atomic E-state index is 12.3. The summed E-state index contributed by atoms with van der Waals surface area (Å²) in [5, 5.41) is 0. The monoisotopic (exact) mass is 177 g/mol. The summed E-state index contributed by atoms with van der Waals surface area (Å²) >= 11 is 0. The zero-order chi connectivity index (χ0) is 9.14. The van der Waals surface area contributed by atoms with E-state index >= 15 is 0 Å². The van der Waals surface area contributed by atoms with Crippen LogP contribution in [-0.4, -0.2) is 12.5 Å². The highest BCUT2D eigenvalue weighted by Gasteiger charge is 2.29. The summed E-state index contributed by atoms with van der Waals surface area (Å²) in [6, 6.07) is 0.0755. The number of rotatable bonds is 2. The zero-order valence-electron chi connectivity index (χ0n) is 7.47. The second-order valence-corrected chi connectivity index (χ2v) is 3.88. The molecule has 0 amide bonds. The van der Waals surface area contributed by atoms with Gasteiger partial charge in [0.2, 0.25) is 6.43 Å². The van der Waals surface area contributed by atoms with Gasteiger partial charge in [0, 0.05) is 12.0 Å². The van der Waals surface area contributed by atoms with E-state index in [0.717, 1.165) is 12.8 Å². The quantitative estimate of drug-likeness (QED) is 0.688. The van der Waals surface area contributed by atoms with E-state index in [1.807, 2.05) is 6.92 Å². The van der Waals surface area contributed by atoms with Crippen LogP contribution in [0.3, 0.4) is 0 Å². The van der Waals surface area contributed by atoms with Crippen LogP contribution in [0, 0.1) is 11.8 Å². The van der Waals surface area contributed by atoms with Crippen molar-refractivity contribution in [1.29, 1.82) is 0 Å². The van der Waals surface area contributed by atoms with Gasteiger partial charge in [-0.25, -0.2) is 8.78 Å². The molecule has 12 heavy (non-hydrogen) atoms. The Morgan fingerprint density at radius 3 is 2.33 bits per heavy atom. The number of hydrogen-bond donors (Lipinski definition) is 1. The van der Waals surface area contributed by atoms with E-state index < -0.39 is 12.3 Å². The third-order valence-electron chi connectivity index (χ3n) is 2.86. The molecule has 1 aliphatic carbocycles. The van der Waals surface area contributed by atoms with Gasteiger partial charge in [-0.15, -0.1) is 0 Å². The third kappa shape index (κ3) is 2.41.